The molecule has 0 atom stereocenters. The first-order valence-corrected chi connectivity index (χ1v) is 9.01. The maximum atomic E-state index is 13.1. The second-order valence-electron chi connectivity index (χ2n) is 6.30. The fraction of sp³-hybridized carbons (Fsp3) is 0.105. The van der Waals surface area contributed by atoms with Crippen LogP contribution in [0.1, 0.15) is 5.56 Å². The van der Waals surface area contributed by atoms with Gasteiger partial charge in [0.2, 0.25) is 0 Å². The minimum absolute atomic E-state index is 0.0345. The molecule has 0 unspecified atom stereocenters. The molecule has 6 heteroatoms. The highest BCUT2D eigenvalue weighted by Gasteiger charge is 2.25. The number of hydrogen-bond acceptors (Lipinski definition) is 4. The van der Waals surface area contributed by atoms with Gasteiger partial charge in [0, 0.05) is 29.0 Å². The van der Waals surface area contributed by atoms with Crippen molar-refractivity contribution in [2.24, 2.45) is 0 Å². The fourth-order valence-electron chi connectivity index (χ4n) is 3.83. The van der Waals surface area contributed by atoms with Gasteiger partial charge in [-0.1, -0.05) is 18.2 Å². The first-order valence-electron chi connectivity index (χ1n) is 8.19. The monoisotopic (exact) mass is 344 g/mol. The zero-order valence-corrected chi connectivity index (χ0v) is 13.9. The smallest absolute Gasteiger partial charge is 0.271 e. The van der Waals surface area contributed by atoms with Gasteiger partial charge < -0.3 is 4.98 Å². The summed E-state index contributed by atoms with van der Waals surface area (Å²) in [4.78, 5) is 26.7. The van der Waals surface area contributed by atoms with Crippen LogP contribution in [0.3, 0.4) is 0 Å². The number of H-pyrrole nitrogens is 1. The summed E-state index contributed by atoms with van der Waals surface area (Å²) in [5.41, 5.74) is 4.10. The number of rotatable bonds is 0. The minimum atomic E-state index is 0.0345. The number of nitrogens with zero attached hydrogens (tertiary/aromatic N) is 3. The van der Waals surface area contributed by atoms with Gasteiger partial charge in [-0.2, -0.15) is 0 Å². The zero-order valence-electron chi connectivity index (χ0n) is 13.1. The van der Waals surface area contributed by atoms with E-state index in [9.17, 15) is 4.79 Å². The lowest BCUT2D eigenvalue weighted by atomic mass is 10.0. The molecule has 4 aromatic heterocycles. The van der Waals surface area contributed by atoms with Crippen LogP contribution < -0.4 is 5.56 Å². The van der Waals surface area contributed by atoms with Gasteiger partial charge in [0.25, 0.3) is 5.56 Å². The van der Waals surface area contributed by atoms with Gasteiger partial charge in [-0.15, -0.1) is 11.3 Å². The van der Waals surface area contributed by atoms with Crippen molar-refractivity contribution < 1.29 is 0 Å². The molecule has 1 aromatic carbocycles. The van der Waals surface area contributed by atoms with Gasteiger partial charge in [0.1, 0.15) is 9.53 Å². The average molecular weight is 344 g/mol. The summed E-state index contributed by atoms with van der Waals surface area (Å²) in [6.45, 7) is 0.660. The Morgan fingerprint density at radius 2 is 2.00 bits per heavy atom. The summed E-state index contributed by atoms with van der Waals surface area (Å²) in [7, 11) is 0. The second-order valence-corrected chi connectivity index (χ2v) is 7.30. The Bertz CT molecular complexity index is 1380. The maximum absolute atomic E-state index is 13.1. The van der Waals surface area contributed by atoms with Crippen molar-refractivity contribution in [3.63, 3.8) is 0 Å². The molecule has 5 nitrogen and oxygen atoms in total. The second kappa shape index (κ2) is 4.55. The third-order valence-electron chi connectivity index (χ3n) is 4.98. The van der Waals surface area contributed by atoms with E-state index in [0.717, 1.165) is 39.2 Å². The maximum Gasteiger partial charge on any atom is 0.271 e. The summed E-state index contributed by atoms with van der Waals surface area (Å²) in [5, 5.41) is 2.17. The summed E-state index contributed by atoms with van der Waals surface area (Å²) in [5.74, 6) is 0.735. The van der Waals surface area contributed by atoms with Crippen LogP contribution in [-0.4, -0.2) is 19.5 Å². The lowest BCUT2D eigenvalue weighted by molar-refractivity contribution is 0.654. The van der Waals surface area contributed by atoms with E-state index in [4.69, 9.17) is 4.98 Å². The van der Waals surface area contributed by atoms with Crippen LogP contribution in [0.25, 0.3) is 42.9 Å². The highest BCUT2D eigenvalue weighted by atomic mass is 32.1. The normalized spacial score (nSPS) is 13.4. The number of aryl methyl sites for hydroxylation is 1. The van der Waals surface area contributed by atoms with E-state index in [2.05, 4.69) is 22.1 Å². The van der Waals surface area contributed by atoms with Gasteiger partial charge >= 0.3 is 0 Å². The highest BCUT2D eigenvalue weighted by molar-refractivity contribution is 7.25. The predicted molar refractivity (Wildman–Crippen MR) is 100 cm³/mol. The lowest BCUT2D eigenvalue weighted by Crippen LogP contribution is -2.26. The number of para-hydroxylation sites is 1. The molecule has 1 aliphatic rings. The van der Waals surface area contributed by atoms with E-state index in [1.807, 2.05) is 24.3 Å². The van der Waals surface area contributed by atoms with E-state index in [-0.39, 0.29) is 5.56 Å². The molecule has 5 aromatic rings. The number of pyridine rings is 1. The van der Waals surface area contributed by atoms with Crippen LogP contribution in [-0.2, 0) is 13.0 Å². The van der Waals surface area contributed by atoms with Crippen LogP contribution in [0.4, 0.5) is 0 Å². The van der Waals surface area contributed by atoms with Gasteiger partial charge in [0.05, 0.1) is 11.2 Å². The minimum Gasteiger partial charge on any atom is -0.352 e. The Hall–Kier alpha value is -2.99. The molecule has 25 heavy (non-hydrogen) atoms. The van der Waals surface area contributed by atoms with Gasteiger partial charge in [-0.05, 0) is 30.2 Å². The van der Waals surface area contributed by atoms with Crippen molar-refractivity contribution in [3.05, 3.63) is 58.5 Å². The van der Waals surface area contributed by atoms with E-state index in [1.54, 1.807) is 10.8 Å². The average Bonchev–Trinajstić information content (AvgIpc) is 3.21. The van der Waals surface area contributed by atoms with Crippen LogP contribution in [0.15, 0.2) is 47.4 Å². The molecular weight excluding hydrogens is 332 g/mol. The number of fused-ring (bicyclic) bond motifs is 8. The zero-order chi connectivity index (χ0) is 16.5. The molecule has 0 saturated heterocycles. The van der Waals surface area contributed by atoms with E-state index in [0.29, 0.717) is 11.2 Å². The SMILES string of the molecule is O=c1c2sc3ncccc3c2nc2n1CCc1c-2[nH]c2ccccc12. The van der Waals surface area contributed by atoms with Crippen molar-refractivity contribution in [1.82, 2.24) is 19.5 Å². The number of aromatic amines is 1. The summed E-state index contributed by atoms with van der Waals surface area (Å²) in [6.07, 6.45) is 2.59. The van der Waals surface area contributed by atoms with Crippen LogP contribution in [0.5, 0.6) is 0 Å². The van der Waals surface area contributed by atoms with Crippen LogP contribution in [0, 0.1) is 0 Å². The number of benzene rings is 1. The number of nitrogens with one attached hydrogen (secondary N) is 1. The third kappa shape index (κ3) is 1.64. The highest BCUT2D eigenvalue weighted by Crippen LogP contribution is 2.35. The first kappa shape index (κ1) is 13.3. The van der Waals surface area contributed by atoms with E-state index >= 15 is 0 Å². The van der Waals surface area contributed by atoms with E-state index in [1.165, 1.54) is 22.3 Å². The Balaban J connectivity index is 1.78. The molecule has 0 saturated carbocycles. The Morgan fingerprint density at radius 1 is 1.12 bits per heavy atom. The quantitative estimate of drug-likeness (QED) is 0.466. The number of aromatic nitrogens is 4. The summed E-state index contributed by atoms with van der Waals surface area (Å²) < 4.78 is 2.49. The van der Waals surface area contributed by atoms with Crippen LogP contribution >= 0.6 is 11.3 Å². The van der Waals surface area contributed by atoms with Crippen molar-refractivity contribution in [1.29, 1.82) is 0 Å². The van der Waals surface area contributed by atoms with Crippen molar-refractivity contribution in [2.45, 2.75) is 13.0 Å². The molecule has 120 valence electrons. The Morgan fingerprint density at radius 3 is 2.96 bits per heavy atom. The molecule has 0 aliphatic carbocycles. The number of thiophene rings is 1. The van der Waals surface area contributed by atoms with Crippen molar-refractivity contribution >= 4 is 42.7 Å². The molecule has 1 N–H and O–H groups in total. The Labute approximate surface area is 145 Å². The molecule has 0 spiro atoms. The standard InChI is InChI=1S/C19H12N4OS/c24-19-16-14(12-5-3-8-20-18(12)25-16)22-17-15-11(7-9-23(17)19)10-4-1-2-6-13(10)21-15/h1-6,8,21H,7,9H2. The van der Waals surface area contributed by atoms with Crippen molar-refractivity contribution in [3.8, 4) is 11.5 Å². The summed E-state index contributed by atoms with van der Waals surface area (Å²) in [6, 6.07) is 12.1. The topological polar surface area (TPSA) is 63.6 Å². The fourth-order valence-corrected chi connectivity index (χ4v) is 4.86. The van der Waals surface area contributed by atoms with Gasteiger partial charge in [-0.25, -0.2) is 9.97 Å². The van der Waals surface area contributed by atoms with Gasteiger partial charge in [-0.3, -0.25) is 9.36 Å². The van der Waals surface area contributed by atoms with Gasteiger partial charge in [0.15, 0.2) is 5.82 Å². The molecule has 6 rings (SSSR count). The van der Waals surface area contributed by atoms with Crippen molar-refractivity contribution in [2.75, 3.05) is 0 Å². The molecular formula is C19H12N4OS. The van der Waals surface area contributed by atoms with E-state index < -0.39 is 0 Å². The Kier molecular flexibility index (Phi) is 2.42. The first-order chi connectivity index (χ1) is 12.3. The molecule has 0 amide bonds. The molecule has 0 fully saturated rings. The molecule has 5 heterocycles. The third-order valence-corrected chi connectivity index (χ3v) is 6.07. The van der Waals surface area contributed by atoms with Crippen LogP contribution in [0.2, 0.25) is 0 Å². The lowest BCUT2D eigenvalue weighted by Gasteiger charge is -2.17. The molecule has 1 aliphatic heterocycles. The molecule has 0 radical (unpaired) electrons. The largest absolute Gasteiger partial charge is 0.352 e. The predicted octanol–water partition coefficient (Wildman–Crippen LogP) is 3.71. The molecule has 0 bridgehead atoms. The summed E-state index contributed by atoms with van der Waals surface area (Å²) >= 11 is 1.43. The number of hydrogen-bond donors (Lipinski definition) is 1.